The van der Waals surface area contributed by atoms with E-state index in [0.29, 0.717) is 5.52 Å². The van der Waals surface area contributed by atoms with Crippen molar-refractivity contribution >= 4 is 22.8 Å². The zero-order valence-electron chi connectivity index (χ0n) is 11.0. The zero-order valence-corrected chi connectivity index (χ0v) is 11.0. The first-order valence-corrected chi connectivity index (χ1v) is 5.96. The van der Waals surface area contributed by atoms with Crippen molar-refractivity contribution in [1.82, 2.24) is 10.3 Å². The van der Waals surface area contributed by atoms with Crippen LogP contribution in [0.5, 0.6) is 0 Å². The summed E-state index contributed by atoms with van der Waals surface area (Å²) in [6, 6.07) is 6.55. The first-order valence-electron chi connectivity index (χ1n) is 5.96. The minimum absolute atomic E-state index is 0.110. The third-order valence-corrected chi connectivity index (χ3v) is 2.79. The van der Waals surface area contributed by atoms with Crippen molar-refractivity contribution in [2.24, 2.45) is 0 Å². The maximum Gasteiger partial charge on any atom is 0.328 e. The van der Waals surface area contributed by atoms with Gasteiger partial charge in [-0.15, -0.1) is 0 Å². The third kappa shape index (κ3) is 2.90. The number of halogens is 1. The summed E-state index contributed by atoms with van der Waals surface area (Å²) in [4.78, 5) is 27.2. The van der Waals surface area contributed by atoms with E-state index < -0.39 is 23.7 Å². The van der Waals surface area contributed by atoms with E-state index in [1.165, 1.54) is 32.2 Å². The number of amides is 1. The van der Waals surface area contributed by atoms with E-state index in [1.54, 1.807) is 12.1 Å². The largest absolute Gasteiger partial charge is 0.467 e. The fourth-order valence-electron chi connectivity index (χ4n) is 1.72. The average Bonchev–Trinajstić information content (AvgIpc) is 2.45. The Morgan fingerprint density at radius 1 is 1.30 bits per heavy atom. The molecule has 0 saturated carbocycles. The number of benzene rings is 1. The number of nitrogens with zero attached hydrogens (tertiary/aromatic N) is 1. The number of pyridine rings is 1. The highest BCUT2D eigenvalue weighted by Crippen LogP contribution is 2.14. The van der Waals surface area contributed by atoms with Crippen LogP contribution in [0.1, 0.15) is 17.4 Å². The van der Waals surface area contributed by atoms with Gasteiger partial charge in [0.15, 0.2) is 0 Å². The Balaban J connectivity index is 2.24. The van der Waals surface area contributed by atoms with E-state index >= 15 is 0 Å². The fourth-order valence-corrected chi connectivity index (χ4v) is 1.72. The summed E-state index contributed by atoms with van der Waals surface area (Å²) in [6.07, 6.45) is 0. The summed E-state index contributed by atoms with van der Waals surface area (Å²) in [6.45, 7) is 1.50. The van der Waals surface area contributed by atoms with Gasteiger partial charge in [0.25, 0.3) is 5.91 Å². The second kappa shape index (κ2) is 5.64. The van der Waals surface area contributed by atoms with Crippen LogP contribution in [0.3, 0.4) is 0 Å². The normalized spacial score (nSPS) is 11.9. The predicted molar refractivity (Wildman–Crippen MR) is 70.6 cm³/mol. The molecule has 1 unspecified atom stereocenters. The van der Waals surface area contributed by atoms with Gasteiger partial charge in [0.05, 0.1) is 12.6 Å². The second-order valence-electron chi connectivity index (χ2n) is 4.25. The number of rotatable bonds is 3. The fraction of sp³-hybridized carbons (Fsp3) is 0.214. The molecule has 5 nitrogen and oxygen atoms in total. The number of methoxy groups -OCH3 is 1. The molecule has 1 atom stereocenters. The lowest BCUT2D eigenvalue weighted by Crippen LogP contribution is -2.39. The molecule has 2 aromatic rings. The molecule has 0 aliphatic rings. The zero-order chi connectivity index (χ0) is 14.7. The van der Waals surface area contributed by atoms with E-state index in [-0.39, 0.29) is 5.69 Å². The number of hydrogen-bond acceptors (Lipinski definition) is 4. The van der Waals surface area contributed by atoms with Crippen LogP contribution in [-0.2, 0) is 9.53 Å². The first kappa shape index (κ1) is 13.9. The number of hydrogen-bond donors (Lipinski definition) is 1. The number of nitrogens with one attached hydrogen (secondary N) is 1. The highest BCUT2D eigenvalue weighted by atomic mass is 19.1. The number of fused-ring (bicyclic) bond motifs is 1. The van der Waals surface area contributed by atoms with Crippen molar-refractivity contribution in [3.05, 3.63) is 41.8 Å². The maximum atomic E-state index is 13.1. The van der Waals surface area contributed by atoms with Gasteiger partial charge < -0.3 is 10.1 Å². The summed E-state index contributed by atoms with van der Waals surface area (Å²) in [5.41, 5.74) is 0.488. The summed E-state index contributed by atoms with van der Waals surface area (Å²) in [5, 5.41) is 3.18. The van der Waals surface area contributed by atoms with E-state index in [0.717, 1.165) is 5.39 Å². The topological polar surface area (TPSA) is 68.3 Å². The van der Waals surface area contributed by atoms with Gasteiger partial charge in [0, 0.05) is 11.5 Å². The van der Waals surface area contributed by atoms with Crippen LogP contribution in [-0.4, -0.2) is 30.0 Å². The van der Waals surface area contributed by atoms with Crippen molar-refractivity contribution in [3.8, 4) is 0 Å². The molecule has 1 amide bonds. The van der Waals surface area contributed by atoms with Crippen molar-refractivity contribution in [1.29, 1.82) is 0 Å². The van der Waals surface area contributed by atoms with Gasteiger partial charge in [0.2, 0.25) is 0 Å². The number of ether oxygens (including phenoxy) is 1. The Labute approximate surface area is 114 Å². The molecule has 1 N–H and O–H groups in total. The van der Waals surface area contributed by atoms with Gasteiger partial charge >= 0.3 is 5.97 Å². The van der Waals surface area contributed by atoms with Crippen LogP contribution < -0.4 is 5.32 Å². The highest BCUT2D eigenvalue weighted by Gasteiger charge is 2.17. The SMILES string of the molecule is COC(=O)C(C)NC(=O)c1ccc2ccc(F)cc2n1. The number of esters is 1. The Morgan fingerprint density at radius 3 is 2.70 bits per heavy atom. The third-order valence-electron chi connectivity index (χ3n) is 2.79. The van der Waals surface area contributed by atoms with Gasteiger partial charge in [-0.05, 0) is 25.1 Å². The quantitative estimate of drug-likeness (QED) is 0.866. The predicted octanol–water partition coefficient (Wildman–Crippen LogP) is 1.67. The lowest BCUT2D eigenvalue weighted by Gasteiger charge is -2.11. The maximum absolute atomic E-state index is 13.1. The molecular weight excluding hydrogens is 263 g/mol. The highest BCUT2D eigenvalue weighted by molar-refractivity contribution is 5.97. The molecule has 2 rings (SSSR count). The molecule has 0 bridgehead atoms. The first-order chi connectivity index (χ1) is 9.51. The minimum atomic E-state index is -0.780. The van der Waals surface area contributed by atoms with Crippen LogP contribution in [0.25, 0.3) is 10.9 Å². The van der Waals surface area contributed by atoms with Crippen LogP contribution in [0.2, 0.25) is 0 Å². The van der Waals surface area contributed by atoms with E-state index in [1.807, 2.05) is 0 Å². The van der Waals surface area contributed by atoms with Crippen molar-refractivity contribution in [2.45, 2.75) is 13.0 Å². The van der Waals surface area contributed by atoms with E-state index in [2.05, 4.69) is 15.0 Å². The van der Waals surface area contributed by atoms with Crippen LogP contribution in [0.4, 0.5) is 4.39 Å². The number of aromatic nitrogens is 1. The van der Waals surface area contributed by atoms with Crippen LogP contribution in [0.15, 0.2) is 30.3 Å². The molecule has 0 saturated heterocycles. The Morgan fingerprint density at radius 2 is 2.00 bits per heavy atom. The Kier molecular flexibility index (Phi) is 3.93. The standard InChI is InChI=1S/C14H13FN2O3/c1-8(14(19)20-2)16-13(18)11-6-4-9-3-5-10(15)7-12(9)17-11/h3-8H,1-2H3,(H,16,18). The lowest BCUT2D eigenvalue weighted by molar-refractivity contribution is -0.142. The molecule has 1 heterocycles. The molecule has 104 valence electrons. The molecule has 0 radical (unpaired) electrons. The number of carbonyl (C=O) groups is 2. The van der Waals surface area contributed by atoms with Gasteiger partial charge in [-0.25, -0.2) is 14.2 Å². The van der Waals surface area contributed by atoms with Crippen LogP contribution in [0, 0.1) is 5.82 Å². The van der Waals surface area contributed by atoms with Gasteiger partial charge in [-0.3, -0.25) is 4.79 Å². The smallest absolute Gasteiger partial charge is 0.328 e. The summed E-state index contributed by atoms with van der Waals surface area (Å²) < 4.78 is 17.6. The average molecular weight is 276 g/mol. The number of carbonyl (C=O) groups excluding carboxylic acids is 2. The van der Waals surface area contributed by atoms with E-state index in [4.69, 9.17) is 0 Å². The van der Waals surface area contributed by atoms with E-state index in [9.17, 15) is 14.0 Å². The molecule has 0 aliphatic carbocycles. The minimum Gasteiger partial charge on any atom is -0.467 e. The monoisotopic (exact) mass is 276 g/mol. The second-order valence-corrected chi connectivity index (χ2v) is 4.25. The Bertz CT molecular complexity index is 673. The Hall–Kier alpha value is -2.50. The van der Waals surface area contributed by atoms with Crippen molar-refractivity contribution in [2.75, 3.05) is 7.11 Å². The molecule has 1 aromatic carbocycles. The molecule has 0 spiro atoms. The van der Waals surface area contributed by atoms with Crippen molar-refractivity contribution in [3.63, 3.8) is 0 Å². The summed E-state index contributed by atoms with van der Waals surface area (Å²) in [7, 11) is 1.24. The molecular formula is C14H13FN2O3. The summed E-state index contributed by atoms with van der Waals surface area (Å²) in [5.74, 6) is -1.50. The molecule has 20 heavy (non-hydrogen) atoms. The van der Waals surface area contributed by atoms with Gasteiger partial charge in [0.1, 0.15) is 17.6 Å². The van der Waals surface area contributed by atoms with Gasteiger partial charge in [-0.2, -0.15) is 0 Å². The molecule has 6 heteroatoms. The van der Waals surface area contributed by atoms with Crippen LogP contribution >= 0.6 is 0 Å². The summed E-state index contributed by atoms with van der Waals surface area (Å²) >= 11 is 0. The molecule has 0 fully saturated rings. The van der Waals surface area contributed by atoms with Gasteiger partial charge in [-0.1, -0.05) is 6.07 Å². The molecule has 1 aromatic heterocycles. The molecule has 0 aliphatic heterocycles. The lowest BCUT2D eigenvalue weighted by atomic mass is 10.2. The van der Waals surface area contributed by atoms with Crippen molar-refractivity contribution < 1.29 is 18.7 Å².